The van der Waals surface area contributed by atoms with Crippen LogP contribution in [-0.2, 0) is 4.74 Å². The van der Waals surface area contributed by atoms with Crippen LogP contribution in [0.2, 0.25) is 0 Å². The molecule has 0 fully saturated rings. The summed E-state index contributed by atoms with van der Waals surface area (Å²) in [6.45, 7) is 3.66. The molecule has 0 bridgehead atoms. The number of esters is 1. The van der Waals surface area contributed by atoms with Crippen molar-refractivity contribution in [2.24, 2.45) is 0 Å². The van der Waals surface area contributed by atoms with Crippen LogP contribution in [0.5, 0.6) is 5.75 Å². The number of carbonyl (C=O) groups is 1. The number of aromatic amines is 1. The lowest BCUT2D eigenvalue weighted by Gasteiger charge is -2.13. The molecule has 0 aliphatic rings. The minimum Gasteiger partial charge on any atom is -0.508 e. The molecular weight excluding hydrogens is 278 g/mol. The molecule has 0 radical (unpaired) electrons. The SMILES string of the molecule is Cc1[nH]c2ccc(O)cc2c1C(=O)O[C@@H](C)c1ccccc1. The number of fused-ring (bicyclic) bond motifs is 1. The Bertz CT molecular complexity index is 821. The second kappa shape index (κ2) is 5.56. The predicted molar refractivity (Wildman–Crippen MR) is 85.0 cm³/mol. The van der Waals surface area contributed by atoms with E-state index in [4.69, 9.17) is 4.74 Å². The van der Waals surface area contributed by atoms with E-state index in [1.807, 2.05) is 44.2 Å². The first-order chi connectivity index (χ1) is 10.6. The number of hydrogen-bond donors (Lipinski definition) is 2. The smallest absolute Gasteiger partial charge is 0.341 e. The number of aromatic hydroxyl groups is 1. The zero-order valence-electron chi connectivity index (χ0n) is 12.5. The van der Waals surface area contributed by atoms with E-state index in [2.05, 4.69) is 4.98 Å². The first-order valence-corrected chi connectivity index (χ1v) is 7.13. The van der Waals surface area contributed by atoms with E-state index in [9.17, 15) is 9.90 Å². The molecule has 3 aromatic rings. The van der Waals surface area contributed by atoms with Gasteiger partial charge in [0.2, 0.25) is 0 Å². The molecular formula is C18H17NO3. The van der Waals surface area contributed by atoms with Gasteiger partial charge < -0.3 is 14.8 Å². The number of aromatic nitrogens is 1. The Morgan fingerprint density at radius 3 is 2.64 bits per heavy atom. The molecule has 0 unspecified atom stereocenters. The van der Waals surface area contributed by atoms with Crippen LogP contribution in [0.25, 0.3) is 10.9 Å². The van der Waals surface area contributed by atoms with Crippen molar-refractivity contribution in [2.45, 2.75) is 20.0 Å². The van der Waals surface area contributed by atoms with Gasteiger partial charge in [-0.3, -0.25) is 0 Å². The van der Waals surface area contributed by atoms with E-state index in [0.717, 1.165) is 16.8 Å². The Labute approximate surface area is 128 Å². The molecule has 2 N–H and O–H groups in total. The molecule has 4 nitrogen and oxygen atoms in total. The molecule has 1 aromatic heterocycles. The summed E-state index contributed by atoms with van der Waals surface area (Å²) in [5.41, 5.74) is 2.94. The fourth-order valence-electron chi connectivity index (χ4n) is 2.59. The zero-order chi connectivity index (χ0) is 15.7. The zero-order valence-corrected chi connectivity index (χ0v) is 12.5. The highest BCUT2D eigenvalue weighted by atomic mass is 16.5. The molecule has 1 atom stereocenters. The van der Waals surface area contributed by atoms with Gasteiger partial charge in [-0.1, -0.05) is 30.3 Å². The Hall–Kier alpha value is -2.75. The number of nitrogens with one attached hydrogen (secondary N) is 1. The summed E-state index contributed by atoms with van der Waals surface area (Å²) in [6, 6.07) is 14.5. The standard InChI is InChI=1S/C18H17NO3/c1-11-17(15-10-14(20)8-9-16(15)19-11)18(21)22-12(2)13-6-4-3-5-7-13/h3-10,12,19-20H,1-2H3/t12-/m0/s1. The number of phenols is 1. The molecule has 4 heteroatoms. The van der Waals surface area contributed by atoms with Crippen LogP contribution in [0.15, 0.2) is 48.5 Å². The lowest BCUT2D eigenvalue weighted by Crippen LogP contribution is -2.10. The van der Waals surface area contributed by atoms with Gasteiger partial charge in [-0.25, -0.2) is 4.79 Å². The summed E-state index contributed by atoms with van der Waals surface area (Å²) in [7, 11) is 0. The Morgan fingerprint density at radius 1 is 1.18 bits per heavy atom. The maximum atomic E-state index is 12.5. The fraction of sp³-hybridized carbons (Fsp3) is 0.167. The first-order valence-electron chi connectivity index (χ1n) is 7.13. The lowest BCUT2D eigenvalue weighted by atomic mass is 10.1. The van der Waals surface area contributed by atoms with Crippen molar-refractivity contribution < 1.29 is 14.6 Å². The van der Waals surface area contributed by atoms with Gasteiger partial charge in [-0.05, 0) is 37.6 Å². The Morgan fingerprint density at radius 2 is 1.91 bits per heavy atom. The van der Waals surface area contributed by atoms with Gasteiger partial charge in [0.05, 0.1) is 5.56 Å². The van der Waals surface area contributed by atoms with E-state index in [-0.39, 0.29) is 11.9 Å². The number of hydrogen-bond acceptors (Lipinski definition) is 3. The van der Waals surface area contributed by atoms with Gasteiger partial charge in [-0.15, -0.1) is 0 Å². The van der Waals surface area contributed by atoms with Gasteiger partial charge in [-0.2, -0.15) is 0 Å². The maximum Gasteiger partial charge on any atom is 0.341 e. The van der Waals surface area contributed by atoms with Gasteiger partial charge in [0.1, 0.15) is 11.9 Å². The average Bonchev–Trinajstić information content (AvgIpc) is 2.83. The predicted octanol–water partition coefficient (Wildman–Crippen LogP) is 4.10. The minimum atomic E-state index is -0.397. The summed E-state index contributed by atoms with van der Waals surface area (Å²) in [4.78, 5) is 15.6. The van der Waals surface area contributed by atoms with Crippen LogP contribution in [0.1, 0.15) is 34.6 Å². The van der Waals surface area contributed by atoms with Crippen LogP contribution < -0.4 is 0 Å². The van der Waals surface area contributed by atoms with E-state index in [1.54, 1.807) is 18.2 Å². The summed E-state index contributed by atoms with van der Waals surface area (Å²) < 4.78 is 5.57. The number of phenolic OH excluding ortho intramolecular Hbond substituents is 1. The first kappa shape index (κ1) is 14.2. The summed E-state index contributed by atoms with van der Waals surface area (Å²) in [5.74, 6) is -0.276. The number of H-pyrrole nitrogens is 1. The Kier molecular flexibility index (Phi) is 3.59. The fourth-order valence-corrected chi connectivity index (χ4v) is 2.59. The molecule has 0 saturated heterocycles. The molecule has 0 aliphatic carbocycles. The topological polar surface area (TPSA) is 62.3 Å². The third-order valence-corrected chi connectivity index (χ3v) is 3.73. The highest BCUT2D eigenvalue weighted by Gasteiger charge is 2.20. The largest absolute Gasteiger partial charge is 0.508 e. The third kappa shape index (κ3) is 2.55. The van der Waals surface area contributed by atoms with Crippen molar-refractivity contribution in [3.05, 3.63) is 65.4 Å². The van der Waals surface area contributed by atoms with E-state index in [0.29, 0.717) is 10.9 Å². The molecule has 0 spiro atoms. The summed E-state index contributed by atoms with van der Waals surface area (Å²) in [5, 5.41) is 10.3. The van der Waals surface area contributed by atoms with Gasteiger partial charge >= 0.3 is 5.97 Å². The number of benzene rings is 2. The molecule has 0 saturated carbocycles. The molecule has 0 amide bonds. The summed E-state index contributed by atoms with van der Waals surface area (Å²) in [6.07, 6.45) is -0.338. The monoisotopic (exact) mass is 295 g/mol. The second-order valence-corrected chi connectivity index (χ2v) is 5.31. The van der Waals surface area contributed by atoms with Gasteiger partial charge in [0.25, 0.3) is 0 Å². The molecule has 3 rings (SSSR count). The van der Waals surface area contributed by atoms with Gasteiger partial charge in [0.15, 0.2) is 0 Å². The summed E-state index contributed by atoms with van der Waals surface area (Å²) >= 11 is 0. The highest BCUT2D eigenvalue weighted by molar-refractivity contribution is 6.06. The quantitative estimate of drug-likeness (QED) is 0.715. The van der Waals surface area contributed by atoms with E-state index >= 15 is 0 Å². The van der Waals surface area contributed by atoms with Crippen molar-refractivity contribution in [3.63, 3.8) is 0 Å². The lowest BCUT2D eigenvalue weighted by molar-refractivity contribution is 0.0339. The van der Waals surface area contributed by atoms with Crippen molar-refractivity contribution >= 4 is 16.9 Å². The van der Waals surface area contributed by atoms with Crippen molar-refractivity contribution in [3.8, 4) is 5.75 Å². The number of rotatable bonds is 3. The number of ether oxygens (including phenoxy) is 1. The molecule has 2 aromatic carbocycles. The molecule has 1 heterocycles. The molecule has 22 heavy (non-hydrogen) atoms. The van der Waals surface area contributed by atoms with Crippen molar-refractivity contribution in [1.82, 2.24) is 4.98 Å². The van der Waals surface area contributed by atoms with Crippen molar-refractivity contribution in [2.75, 3.05) is 0 Å². The average molecular weight is 295 g/mol. The van der Waals surface area contributed by atoms with Crippen LogP contribution in [0.3, 0.4) is 0 Å². The number of carbonyl (C=O) groups excluding carboxylic acids is 1. The second-order valence-electron chi connectivity index (χ2n) is 5.31. The number of aryl methyl sites for hydroxylation is 1. The van der Waals surface area contributed by atoms with E-state index < -0.39 is 5.97 Å². The third-order valence-electron chi connectivity index (χ3n) is 3.73. The van der Waals surface area contributed by atoms with Crippen LogP contribution >= 0.6 is 0 Å². The van der Waals surface area contributed by atoms with Crippen LogP contribution in [0, 0.1) is 6.92 Å². The Balaban J connectivity index is 1.92. The van der Waals surface area contributed by atoms with Crippen molar-refractivity contribution in [1.29, 1.82) is 0 Å². The van der Waals surface area contributed by atoms with Crippen LogP contribution in [0.4, 0.5) is 0 Å². The molecule has 0 aliphatic heterocycles. The molecule has 112 valence electrons. The van der Waals surface area contributed by atoms with Crippen LogP contribution in [-0.4, -0.2) is 16.1 Å². The minimum absolute atomic E-state index is 0.122. The normalized spacial score (nSPS) is 12.3. The van der Waals surface area contributed by atoms with E-state index in [1.165, 1.54) is 0 Å². The highest BCUT2D eigenvalue weighted by Crippen LogP contribution is 2.28. The van der Waals surface area contributed by atoms with Gasteiger partial charge in [0, 0.05) is 16.6 Å². The maximum absolute atomic E-state index is 12.5.